The highest BCUT2D eigenvalue weighted by molar-refractivity contribution is 5.95. The number of aryl methyl sites for hydroxylation is 2. The molecule has 0 aliphatic carbocycles. The van der Waals surface area contributed by atoms with Crippen LogP contribution in [0.3, 0.4) is 0 Å². The lowest BCUT2D eigenvalue weighted by atomic mass is 10.1. The van der Waals surface area contributed by atoms with Crippen LogP contribution in [0.15, 0.2) is 12.1 Å². The predicted molar refractivity (Wildman–Crippen MR) is 62.3 cm³/mol. The third-order valence-corrected chi connectivity index (χ3v) is 2.52. The van der Waals surface area contributed by atoms with Crippen molar-refractivity contribution < 1.29 is 9.90 Å². The summed E-state index contributed by atoms with van der Waals surface area (Å²) in [5, 5.41) is 11.8. The van der Waals surface area contributed by atoms with Crippen molar-refractivity contribution in [1.29, 1.82) is 0 Å². The molecule has 1 rings (SSSR count). The first kappa shape index (κ1) is 12.6. The Kier molecular flexibility index (Phi) is 4.43. The van der Waals surface area contributed by atoms with E-state index in [9.17, 15) is 4.79 Å². The number of hydrogen-bond donors (Lipinski definition) is 2. The van der Waals surface area contributed by atoms with Gasteiger partial charge in [0.15, 0.2) is 0 Å². The number of nitrogens with one attached hydrogen (secondary N) is 1. The molecule has 4 nitrogen and oxygen atoms in total. The molecule has 0 radical (unpaired) electrons. The molecule has 88 valence electrons. The molecule has 0 fully saturated rings. The zero-order chi connectivity index (χ0) is 12.1. The van der Waals surface area contributed by atoms with Crippen LogP contribution in [-0.4, -0.2) is 28.6 Å². The molecule has 4 heteroatoms. The minimum absolute atomic E-state index is 0.0411. The first-order chi connectivity index (χ1) is 7.58. The van der Waals surface area contributed by atoms with Crippen molar-refractivity contribution in [2.24, 2.45) is 0 Å². The van der Waals surface area contributed by atoms with Gasteiger partial charge in [-0.2, -0.15) is 0 Å². The topological polar surface area (TPSA) is 62.2 Å². The van der Waals surface area contributed by atoms with Gasteiger partial charge < -0.3 is 10.4 Å². The monoisotopic (exact) mass is 222 g/mol. The highest BCUT2D eigenvalue weighted by Gasteiger charge is 2.13. The van der Waals surface area contributed by atoms with Gasteiger partial charge in [-0.1, -0.05) is 6.92 Å². The molecular weight excluding hydrogens is 204 g/mol. The molecule has 1 amide bonds. The van der Waals surface area contributed by atoms with Gasteiger partial charge in [0.25, 0.3) is 5.91 Å². The lowest BCUT2D eigenvalue weighted by Crippen LogP contribution is -2.37. The minimum Gasteiger partial charge on any atom is -0.394 e. The lowest BCUT2D eigenvalue weighted by Gasteiger charge is -2.14. The maximum Gasteiger partial charge on any atom is 0.253 e. The Morgan fingerprint density at radius 3 is 2.69 bits per heavy atom. The van der Waals surface area contributed by atoms with Gasteiger partial charge in [-0.25, -0.2) is 0 Å². The van der Waals surface area contributed by atoms with E-state index in [1.807, 2.05) is 26.8 Å². The summed E-state index contributed by atoms with van der Waals surface area (Å²) in [7, 11) is 0. The second-order valence-corrected chi connectivity index (χ2v) is 3.85. The van der Waals surface area contributed by atoms with E-state index >= 15 is 0 Å². The standard InChI is InChI=1S/C12H18N2O2/c1-4-10(7-15)14-12(16)11-6-5-8(2)13-9(11)3/h5-6,10,15H,4,7H2,1-3H3,(H,14,16)/t10-/m1/s1. The van der Waals surface area contributed by atoms with E-state index in [4.69, 9.17) is 5.11 Å². The highest BCUT2D eigenvalue weighted by atomic mass is 16.3. The number of carbonyl (C=O) groups excluding carboxylic acids is 1. The molecule has 1 heterocycles. The van der Waals surface area contributed by atoms with Gasteiger partial charge in [0.2, 0.25) is 0 Å². The molecule has 0 aliphatic heterocycles. The quantitative estimate of drug-likeness (QED) is 0.804. The zero-order valence-electron chi connectivity index (χ0n) is 9.95. The molecule has 0 aromatic carbocycles. The number of carbonyl (C=O) groups is 1. The number of pyridine rings is 1. The van der Waals surface area contributed by atoms with Crippen LogP contribution in [0.5, 0.6) is 0 Å². The first-order valence-electron chi connectivity index (χ1n) is 5.44. The Morgan fingerprint density at radius 2 is 2.19 bits per heavy atom. The maximum absolute atomic E-state index is 11.8. The molecule has 0 saturated heterocycles. The molecule has 1 aromatic rings. The number of nitrogens with zero attached hydrogens (tertiary/aromatic N) is 1. The minimum atomic E-state index is -0.187. The molecule has 0 unspecified atom stereocenters. The maximum atomic E-state index is 11.8. The fraction of sp³-hybridized carbons (Fsp3) is 0.500. The van der Waals surface area contributed by atoms with Crippen LogP contribution in [0.25, 0.3) is 0 Å². The number of aliphatic hydroxyl groups is 1. The van der Waals surface area contributed by atoms with E-state index < -0.39 is 0 Å². The van der Waals surface area contributed by atoms with Gasteiger partial charge in [0.05, 0.1) is 23.9 Å². The number of aliphatic hydroxyl groups excluding tert-OH is 1. The van der Waals surface area contributed by atoms with Gasteiger partial charge in [0, 0.05) is 5.69 Å². The molecule has 2 N–H and O–H groups in total. The second-order valence-electron chi connectivity index (χ2n) is 3.85. The van der Waals surface area contributed by atoms with Crippen LogP contribution < -0.4 is 5.32 Å². The van der Waals surface area contributed by atoms with Crippen molar-refractivity contribution in [3.05, 3.63) is 29.1 Å². The molecule has 1 aromatic heterocycles. The summed E-state index contributed by atoms with van der Waals surface area (Å²) in [4.78, 5) is 16.1. The summed E-state index contributed by atoms with van der Waals surface area (Å²) in [6.45, 7) is 5.57. The predicted octanol–water partition coefficient (Wildman–Crippen LogP) is 1.20. The summed E-state index contributed by atoms with van der Waals surface area (Å²) in [5.74, 6) is -0.175. The zero-order valence-corrected chi connectivity index (χ0v) is 9.95. The number of rotatable bonds is 4. The average Bonchev–Trinajstić information content (AvgIpc) is 2.25. The van der Waals surface area contributed by atoms with Crippen LogP contribution in [-0.2, 0) is 0 Å². The van der Waals surface area contributed by atoms with E-state index in [-0.39, 0.29) is 18.6 Å². The van der Waals surface area contributed by atoms with Crippen molar-refractivity contribution in [2.75, 3.05) is 6.61 Å². The van der Waals surface area contributed by atoms with Gasteiger partial charge in [0.1, 0.15) is 0 Å². The third-order valence-electron chi connectivity index (χ3n) is 2.52. The van der Waals surface area contributed by atoms with Gasteiger partial charge in [-0.3, -0.25) is 9.78 Å². The summed E-state index contributed by atoms with van der Waals surface area (Å²) < 4.78 is 0. The van der Waals surface area contributed by atoms with Crippen molar-refractivity contribution in [3.63, 3.8) is 0 Å². The van der Waals surface area contributed by atoms with Crippen LogP contribution in [0.1, 0.15) is 35.1 Å². The van der Waals surface area contributed by atoms with E-state index in [1.165, 1.54) is 0 Å². The Labute approximate surface area is 95.7 Å². The average molecular weight is 222 g/mol. The third kappa shape index (κ3) is 3.03. The normalized spacial score (nSPS) is 12.2. The first-order valence-corrected chi connectivity index (χ1v) is 5.44. The fourth-order valence-electron chi connectivity index (χ4n) is 1.47. The molecule has 0 bridgehead atoms. The van der Waals surface area contributed by atoms with E-state index in [0.717, 1.165) is 5.69 Å². The van der Waals surface area contributed by atoms with Crippen LogP contribution >= 0.6 is 0 Å². The van der Waals surface area contributed by atoms with E-state index in [0.29, 0.717) is 17.7 Å². The summed E-state index contributed by atoms with van der Waals surface area (Å²) >= 11 is 0. The molecule has 0 saturated carbocycles. The van der Waals surface area contributed by atoms with Crippen molar-refractivity contribution in [2.45, 2.75) is 33.2 Å². The number of amides is 1. The molecule has 1 atom stereocenters. The Balaban J connectivity index is 2.80. The summed E-state index contributed by atoms with van der Waals surface area (Å²) in [6.07, 6.45) is 0.709. The van der Waals surface area contributed by atoms with Crippen LogP contribution in [0.4, 0.5) is 0 Å². The molecule has 0 spiro atoms. The largest absolute Gasteiger partial charge is 0.394 e. The second kappa shape index (κ2) is 5.61. The number of aromatic nitrogens is 1. The number of hydrogen-bond acceptors (Lipinski definition) is 3. The van der Waals surface area contributed by atoms with E-state index in [2.05, 4.69) is 10.3 Å². The lowest BCUT2D eigenvalue weighted by molar-refractivity contribution is 0.0914. The molecular formula is C12H18N2O2. The van der Waals surface area contributed by atoms with Crippen molar-refractivity contribution in [3.8, 4) is 0 Å². The summed E-state index contributed by atoms with van der Waals surface area (Å²) in [5.41, 5.74) is 2.17. The smallest absolute Gasteiger partial charge is 0.253 e. The van der Waals surface area contributed by atoms with E-state index in [1.54, 1.807) is 6.07 Å². The van der Waals surface area contributed by atoms with Gasteiger partial charge in [-0.15, -0.1) is 0 Å². The van der Waals surface area contributed by atoms with Gasteiger partial charge >= 0.3 is 0 Å². The van der Waals surface area contributed by atoms with Crippen LogP contribution in [0.2, 0.25) is 0 Å². The highest BCUT2D eigenvalue weighted by Crippen LogP contribution is 2.07. The SMILES string of the molecule is CC[C@H](CO)NC(=O)c1ccc(C)nc1C. The Hall–Kier alpha value is -1.42. The van der Waals surface area contributed by atoms with Crippen molar-refractivity contribution >= 4 is 5.91 Å². The fourth-order valence-corrected chi connectivity index (χ4v) is 1.47. The Morgan fingerprint density at radius 1 is 1.50 bits per heavy atom. The Bertz CT molecular complexity index is 373. The van der Waals surface area contributed by atoms with Crippen LogP contribution in [0, 0.1) is 13.8 Å². The van der Waals surface area contributed by atoms with Gasteiger partial charge in [-0.05, 0) is 32.4 Å². The van der Waals surface area contributed by atoms with Crippen molar-refractivity contribution in [1.82, 2.24) is 10.3 Å². The molecule has 0 aliphatic rings. The molecule has 16 heavy (non-hydrogen) atoms. The summed E-state index contributed by atoms with van der Waals surface area (Å²) in [6, 6.07) is 3.38.